The Hall–Kier alpha value is -2.60. The second-order valence-electron chi connectivity index (χ2n) is 5.42. The maximum absolute atomic E-state index is 12.5. The summed E-state index contributed by atoms with van der Waals surface area (Å²) in [4.78, 5) is 16.9. The van der Waals surface area contributed by atoms with Crippen molar-refractivity contribution in [2.75, 3.05) is 19.5 Å². The van der Waals surface area contributed by atoms with Crippen LogP contribution >= 0.6 is 11.3 Å². The molecule has 0 radical (unpaired) electrons. The minimum atomic E-state index is -0.185. The summed E-state index contributed by atoms with van der Waals surface area (Å²) < 4.78 is 11.5. The molecule has 1 aromatic heterocycles. The summed E-state index contributed by atoms with van der Waals surface area (Å²) >= 11 is 1.36. The number of carbonyl (C=O) groups is 1. The van der Waals surface area contributed by atoms with E-state index >= 15 is 0 Å². The Morgan fingerprint density at radius 2 is 1.75 bits per heavy atom. The van der Waals surface area contributed by atoms with Crippen LogP contribution in [-0.2, 0) is 0 Å². The summed E-state index contributed by atoms with van der Waals surface area (Å²) in [5.41, 5.74) is 3.52. The topological polar surface area (TPSA) is 60.5 Å². The van der Waals surface area contributed by atoms with Crippen molar-refractivity contribution in [2.45, 2.75) is 13.8 Å². The number of ether oxygens (including phenoxy) is 2. The second-order valence-corrected chi connectivity index (χ2v) is 6.42. The highest BCUT2D eigenvalue weighted by Gasteiger charge is 2.16. The number of benzene rings is 2. The molecule has 0 fully saturated rings. The Morgan fingerprint density at radius 3 is 2.42 bits per heavy atom. The van der Waals surface area contributed by atoms with Crippen LogP contribution in [-0.4, -0.2) is 25.1 Å². The van der Waals surface area contributed by atoms with E-state index in [1.54, 1.807) is 20.3 Å². The Bertz CT molecular complexity index is 877. The lowest BCUT2D eigenvalue weighted by molar-refractivity contribution is 0.102. The number of carbonyl (C=O) groups excluding carboxylic acids is 1. The standard InChI is InChI=1S/C18H18N2O3S/c1-10-5-6-12(9-11(10)2)17(21)20-18-19-15-13(22-3)7-8-14(23-4)16(15)24-18/h5-9H,1-4H3,(H,19,20,21). The average Bonchev–Trinajstić information content (AvgIpc) is 2.99. The largest absolute Gasteiger partial charge is 0.495 e. The monoisotopic (exact) mass is 342 g/mol. The number of hydrogen-bond donors (Lipinski definition) is 1. The van der Waals surface area contributed by atoms with Crippen molar-refractivity contribution in [1.29, 1.82) is 0 Å². The van der Waals surface area contributed by atoms with E-state index in [1.165, 1.54) is 11.3 Å². The Kier molecular flexibility index (Phi) is 4.40. The van der Waals surface area contributed by atoms with E-state index < -0.39 is 0 Å². The van der Waals surface area contributed by atoms with Crippen molar-refractivity contribution in [3.63, 3.8) is 0 Å². The van der Waals surface area contributed by atoms with Crippen molar-refractivity contribution >= 4 is 32.6 Å². The molecule has 0 unspecified atom stereocenters. The van der Waals surface area contributed by atoms with Crippen LogP contribution < -0.4 is 14.8 Å². The van der Waals surface area contributed by atoms with E-state index in [-0.39, 0.29) is 5.91 Å². The number of nitrogens with one attached hydrogen (secondary N) is 1. The molecule has 3 aromatic rings. The molecule has 24 heavy (non-hydrogen) atoms. The van der Waals surface area contributed by atoms with Crippen LogP contribution in [0, 0.1) is 13.8 Å². The molecule has 1 N–H and O–H groups in total. The summed E-state index contributed by atoms with van der Waals surface area (Å²) in [7, 11) is 3.20. The summed E-state index contributed by atoms with van der Waals surface area (Å²) in [6.07, 6.45) is 0. The zero-order valence-corrected chi connectivity index (χ0v) is 14.8. The highest BCUT2D eigenvalue weighted by molar-refractivity contribution is 7.22. The predicted molar refractivity (Wildman–Crippen MR) is 96.6 cm³/mol. The Balaban J connectivity index is 1.95. The lowest BCUT2D eigenvalue weighted by atomic mass is 10.1. The van der Waals surface area contributed by atoms with Crippen molar-refractivity contribution in [3.8, 4) is 11.5 Å². The Labute approximate surface area is 144 Å². The minimum Gasteiger partial charge on any atom is -0.495 e. The molecule has 5 nitrogen and oxygen atoms in total. The average molecular weight is 342 g/mol. The van der Waals surface area contributed by atoms with E-state index in [4.69, 9.17) is 9.47 Å². The highest BCUT2D eigenvalue weighted by Crippen LogP contribution is 2.38. The van der Waals surface area contributed by atoms with Crippen LogP contribution in [0.3, 0.4) is 0 Å². The van der Waals surface area contributed by atoms with E-state index in [9.17, 15) is 4.79 Å². The molecule has 0 atom stereocenters. The van der Waals surface area contributed by atoms with E-state index in [0.717, 1.165) is 15.8 Å². The number of rotatable bonds is 4. The number of methoxy groups -OCH3 is 2. The first-order valence-corrected chi connectivity index (χ1v) is 8.25. The maximum Gasteiger partial charge on any atom is 0.257 e. The molecule has 0 saturated carbocycles. The van der Waals surface area contributed by atoms with Crippen LogP contribution in [0.4, 0.5) is 5.13 Å². The predicted octanol–water partition coefficient (Wildman–Crippen LogP) is 4.18. The molecule has 3 rings (SSSR count). The molecular weight excluding hydrogens is 324 g/mol. The van der Waals surface area contributed by atoms with Gasteiger partial charge in [-0.2, -0.15) is 0 Å². The highest BCUT2D eigenvalue weighted by atomic mass is 32.1. The Morgan fingerprint density at radius 1 is 1.04 bits per heavy atom. The fraction of sp³-hybridized carbons (Fsp3) is 0.222. The number of thiazole rings is 1. The molecule has 124 valence electrons. The number of amides is 1. The lowest BCUT2D eigenvalue weighted by Crippen LogP contribution is -2.11. The van der Waals surface area contributed by atoms with Gasteiger partial charge in [-0.05, 0) is 49.2 Å². The van der Waals surface area contributed by atoms with Crippen LogP contribution in [0.1, 0.15) is 21.5 Å². The molecule has 1 amide bonds. The van der Waals surface area contributed by atoms with Gasteiger partial charge >= 0.3 is 0 Å². The first-order valence-electron chi connectivity index (χ1n) is 7.43. The van der Waals surface area contributed by atoms with Gasteiger partial charge in [0.2, 0.25) is 0 Å². The van der Waals surface area contributed by atoms with Gasteiger partial charge in [0.1, 0.15) is 21.7 Å². The molecule has 2 aromatic carbocycles. The van der Waals surface area contributed by atoms with E-state index in [0.29, 0.717) is 27.7 Å². The number of fused-ring (bicyclic) bond motifs is 1. The van der Waals surface area contributed by atoms with Gasteiger partial charge in [0.05, 0.1) is 14.2 Å². The second kappa shape index (κ2) is 6.49. The van der Waals surface area contributed by atoms with Gasteiger partial charge in [-0.1, -0.05) is 17.4 Å². The smallest absolute Gasteiger partial charge is 0.257 e. The molecule has 0 saturated heterocycles. The number of nitrogens with zero attached hydrogens (tertiary/aromatic N) is 1. The van der Waals surface area contributed by atoms with Crippen molar-refractivity contribution < 1.29 is 14.3 Å². The fourth-order valence-corrected chi connectivity index (χ4v) is 3.36. The molecule has 0 aliphatic carbocycles. The normalized spacial score (nSPS) is 10.7. The molecule has 1 heterocycles. The molecule has 0 bridgehead atoms. The van der Waals surface area contributed by atoms with Gasteiger partial charge in [-0.15, -0.1) is 0 Å². The van der Waals surface area contributed by atoms with Crippen molar-refractivity contribution in [1.82, 2.24) is 4.98 Å². The van der Waals surface area contributed by atoms with Gasteiger partial charge in [0.25, 0.3) is 5.91 Å². The SMILES string of the molecule is COc1ccc(OC)c2sc(NC(=O)c3ccc(C)c(C)c3)nc12. The summed E-state index contributed by atoms with van der Waals surface area (Å²) in [5.74, 6) is 1.17. The van der Waals surface area contributed by atoms with Crippen LogP contribution in [0.5, 0.6) is 11.5 Å². The molecule has 0 spiro atoms. The van der Waals surface area contributed by atoms with Gasteiger partial charge < -0.3 is 9.47 Å². The molecule has 0 aliphatic rings. The number of aryl methyl sites for hydroxylation is 2. The molecule has 6 heteroatoms. The zero-order chi connectivity index (χ0) is 17.3. The van der Waals surface area contributed by atoms with E-state index in [2.05, 4.69) is 10.3 Å². The van der Waals surface area contributed by atoms with Gasteiger partial charge in [0, 0.05) is 5.56 Å². The summed E-state index contributed by atoms with van der Waals surface area (Å²) in [6.45, 7) is 4.00. The fourth-order valence-electron chi connectivity index (χ4n) is 2.39. The number of hydrogen-bond acceptors (Lipinski definition) is 5. The summed E-state index contributed by atoms with van der Waals surface area (Å²) in [6, 6.07) is 9.25. The van der Waals surface area contributed by atoms with Crippen molar-refractivity contribution in [3.05, 3.63) is 47.0 Å². The van der Waals surface area contributed by atoms with Gasteiger partial charge in [-0.25, -0.2) is 4.98 Å². The third-order valence-electron chi connectivity index (χ3n) is 3.90. The summed E-state index contributed by atoms with van der Waals surface area (Å²) in [5, 5.41) is 3.36. The quantitative estimate of drug-likeness (QED) is 0.772. The lowest BCUT2D eigenvalue weighted by Gasteiger charge is -2.04. The minimum absolute atomic E-state index is 0.185. The number of anilines is 1. The number of aromatic nitrogens is 1. The van der Waals surface area contributed by atoms with E-state index in [1.807, 2.05) is 38.1 Å². The van der Waals surface area contributed by atoms with Crippen LogP contribution in [0.15, 0.2) is 30.3 Å². The first-order chi connectivity index (χ1) is 11.5. The maximum atomic E-state index is 12.5. The first kappa shape index (κ1) is 16.3. The van der Waals surface area contributed by atoms with Crippen LogP contribution in [0.25, 0.3) is 10.2 Å². The molecular formula is C18H18N2O3S. The third kappa shape index (κ3) is 2.92. The van der Waals surface area contributed by atoms with Crippen molar-refractivity contribution in [2.24, 2.45) is 0 Å². The van der Waals surface area contributed by atoms with Crippen LogP contribution in [0.2, 0.25) is 0 Å². The molecule has 0 aliphatic heterocycles. The third-order valence-corrected chi connectivity index (χ3v) is 4.89. The zero-order valence-electron chi connectivity index (χ0n) is 14.0. The van der Waals surface area contributed by atoms with Gasteiger partial charge in [0.15, 0.2) is 5.13 Å². The van der Waals surface area contributed by atoms with Gasteiger partial charge in [-0.3, -0.25) is 10.1 Å².